The van der Waals surface area contributed by atoms with Gasteiger partial charge in [-0.05, 0) is 31.2 Å². The van der Waals surface area contributed by atoms with Crippen molar-refractivity contribution in [3.8, 4) is 0 Å². The quantitative estimate of drug-likeness (QED) is 0.744. The summed E-state index contributed by atoms with van der Waals surface area (Å²) in [6.45, 7) is 6.94. The van der Waals surface area contributed by atoms with E-state index in [1.165, 1.54) is 17.3 Å². The van der Waals surface area contributed by atoms with Gasteiger partial charge in [-0.2, -0.15) is 0 Å². The fraction of sp³-hybridized carbons (Fsp3) is 0.526. The summed E-state index contributed by atoms with van der Waals surface area (Å²) >= 11 is 1.50. The maximum Gasteiger partial charge on any atom is 0.233 e. The van der Waals surface area contributed by atoms with Crippen molar-refractivity contribution >= 4 is 17.7 Å². The Bertz CT molecular complexity index is 693. The molecule has 1 aliphatic rings. The molecule has 5 nitrogen and oxygen atoms in total. The standard InChI is InChI=1S/C19H26N4OS/c1-3-23-17(13-16-7-5-4-6-8-16)20-21-19(23)25-14-18(24)22-11-9-15(2)10-12-22/h4-8,15H,3,9-14H2,1-2H3. The number of carbonyl (C=O) groups excluding carboxylic acids is 1. The number of amides is 1. The Kier molecular flexibility index (Phi) is 6.13. The molecule has 1 aromatic carbocycles. The van der Waals surface area contributed by atoms with Gasteiger partial charge in [0.1, 0.15) is 5.82 Å². The van der Waals surface area contributed by atoms with E-state index in [0.29, 0.717) is 5.75 Å². The molecule has 1 aromatic heterocycles. The molecule has 2 aromatic rings. The van der Waals surface area contributed by atoms with Crippen LogP contribution < -0.4 is 0 Å². The molecule has 0 atom stereocenters. The molecule has 0 radical (unpaired) electrons. The minimum atomic E-state index is 0.215. The van der Waals surface area contributed by atoms with Crippen LogP contribution in [0.1, 0.15) is 38.1 Å². The van der Waals surface area contributed by atoms with Crippen LogP contribution >= 0.6 is 11.8 Å². The van der Waals surface area contributed by atoms with Gasteiger partial charge in [0, 0.05) is 26.1 Å². The predicted octanol–water partition coefficient (Wildman–Crippen LogP) is 3.24. The van der Waals surface area contributed by atoms with Gasteiger partial charge in [0.15, 0.2) is 5.16 Å². The summed E-state index contributed by atoms with van der Waals surface area (Å²) < 4.78 is 2.11. The molecule has 0 bridgehead atoms. The third-order valence-electron chi connectivity index (χ3n) is 4.78. The van der Waals surface area contributed by atoms with Crippen LogP contribution in [-0.2, 0) is 17.8 Å². The lowest BCUT2D eigenvalue weighted by Crippen LogP contribution is -2.38. The molecule has 2 heterocycles. The van der Waals surface area contributed by atoms with Crippen LogP contribution in [-0.4, -0.2) is 44.4 Å². The second kappa shape index (κ2) is 8.52. The molecular formula is C19H26N4OS. The average Bonchev–Trinajstić information content (AvgIpc) is 3.02. The Labute approximate surface area is 153 Å². The SMILES string of the molecule is CCn1c(Cc2ccccc2)nnc1SCC(=O)N1CCC(C)CC1. The van der Waals surface area contributed by atoms with Crippen molar-refractivity contribution in [3.63, 3.8) is 0 Å². The first-order chi connectivity index (χ1) is 12.2. The van der Waals surface area contributed by atoms with Gasteiger partial charge in [0.25, 0.3) is 0 Å². The summed E-state index contributed by atoms with van der Waals surface area (Å²) in [4.78, 5) is 14.4. The van der Waals surface area contributed by atoms with Gasteiger partial charge in [-0.1, -0.05) is 49.0 Å². The van der Waals surface area contributed by atoms with Crippen LogP contribution in [0.5, 0.6) is 0 Å². The fourth-order valence-electron chi connectivity index (χ4n) is 3.13. The van der Waals surface area contributed by atoms with Crippen molar-refractivity contribution in [3.05, 3.63) is 41.7 Å². The largest absolute Gasteiger partial charge is 0.342 e. The van der Waals surface area contributed by atoms with Crippen LogP contribution in [0, 0.1) is 5.92 Å². The summed E-state index contributed by atoms with van der Waals surface area (Å²) in [5, 5.41) is 9.51. The van der Waals surface area contributed by atoms with Gasteiger partial charge in [-0.3, -0.25) is 4.79 Å². The molecule has 3 rings (SSSR count). The van der Waals surface area contributed by atoms with Crippen LogP contribution in [0.2, 0.25) is 0 Å². The topological polar surface area (TPSA) is 51.0 Å². The normalized spacial score (nSPS) is 15.5. The van der Waals surface area contributed by atoms with E-state index in [2.05, 4.69) is 40.7 Å². The summed E-state index contributed by atoms with van der Waals surface area (Å²) in [5.74, 6) is 2.35. The summed E-state index contributed by atoms with van der Waals surface area (Å²) in [6.07, 6.45) is 2.99. The maximum atomic E-state index is 12.4. The lowest BCUT2D eigenvalue weighted by atomic mass is 9.99. The van der Waals surface area contributed by atoms with E-state index >= 15 is 0 Å². The number of hydrogen-bond acceptors (Lipinski definition) is 4. The van der Waals surface area contributed by atoms with Crippen molar-refractivity contribution in [2.24, 2.45) is 5.92 Å². The molecule has 1 amide bonds. The molecular weight excluding hydrogens is 332 g/mol. The van der Waals surface area contributed by atoms with Crippen molar-refractivity contribution in [2.75, 3.05) is 18.8 Å². The first-order valence-corrected chi connectivity index (χ1v) is 10.0. The second-order valence-corrected chi connectivity index (χ2v) is 7.60. The fourth-order valence-corrected chi connectivity index (χ4v) is 4.05. The van der Waals surface area contributed by atoms with Gasteiger partial charge < -0.3 is 9.47 Å². The summed E-state index contributed by atoms with van der Waals surface area (Å²) in [6, 6.07) is 10.3. The number of aromatic nitrogens is 3. The van der Waals surface area contributed by atoms with Gasteiger partial charge in [-0.25, -0.2) is 0 Å². The predicted molar refractivity (Wildman–Crippen MR) is 101 cm³/mol. The molecule has 0 saturated carbocycles. The molecule has 6 heteroatoms. The van der Waals surface area contributed by atoms with E-state index in [1.54, 1.807) is 0 Å². The zero-order chi connectivity index (χ0) is 17.6. The Hall–Kier alpha value is -1.82. The lowest BCUT2D eigenvalue weighted by molar-refractivity contribution is -0.129. The lowest BCUT2D eigenvalue weighted by Gasteiger charge is -2.30. The van der Waals surface area contributed by atoms with E-state index in [9.17, 15) is 4.79 Å². The zero-order valence-corrected chi connectivity index (χ0v) is 15.8. The number of rotatable bonds is 6. The molecule has 1 aliphatic heterocycles. The number of piperidine rings is 1. The van der Waals surface area contributed by atoms with Crippen LogP contribution in [0.3, 0.4) is 0 Å². The highest BCUT2D eigenvalue weighted by Crippen LogP contribution is 2.21. The average molecular weight is 359 g/mol. The van der Waals surface area contributed by atoms with Gasteiger partial charge in [-0.15, -0.1) is 10.2 Å². The molecule has 0 unspecified atom stereocenters. The number of benzene rings is 1. The van der Waals surface area contributed by atoms with Crippen molar-refractivity contribution in [1.29, 1.82) is 0 Å². The highest BCUT2D eigenvalue weighted by atomic mass is 32.2. The highest BCUT2D eigenvalue weighted by Gasteiger charge is 2.21. The number of likely N-dealkylation sites (tertiary alicyclic amines) is 1. The third kappa shape index (κ3) is 4.63. The number of hydrogen-bond donors (Lipinski definition) is 0. The minimum Gasteiger partial charge on any atom is -0.342 e. The van der Waals surface area contributed by atoms with Gasteiger partial charge in [0.2, 0.25) is 5.91 Å². The Morgan fingerprint density at radius 1 is 1.20 bits per heavy atom. The van der Waals surface area contributed by atoms with E-state index in [-0.39, 0.29) is 5.91 Å². The minimum absolute atomic E-state index is 0.215. The first kappa shape index (κ1) is 18.0. The molecule has 0 N–H and O–H groups in total. The number of carbonyl (C=O) groups is 1. The van der Waals surface area contributed by atoms with Crippen LogP contribution in [0.15, 0.2) is 35.5 Å². The summed E-state index contributed by atoms with van der Waals surface area (Å²) in [5.41, 5.74) is 1.22. The Balaban J connectivity index is 1.60. The van der Waals surface area contributed by atoms with Gasteiger partial charge in [0.05, 0.1) is 5.75 Å². The van der Waals surface area contributed by atoms with Crippen molar-refractivity contribution < 1.29 is 4.79 Å². The zero-order valence-electron chi connectivity index (χ0n) is 15.0. The smallest absolute Gasteiger partial charge is 0.233 e. The molecule has 0 aliphatic carbocycles. The summed E-state index contributed by atoms with van der Waals surface area (Å²) in [7, 11) is 0. The van der Waals surface area contributed by atoms with Crippen molar-refractivity contribution in [1.82, 2.24) is 19.7 Å². The second-order valence-electron chi connectivity index (χ2n) is 6.66. The van der Waals surface area contributed by atoms with Crippen molar-refractivity contribution in [2.45, 2.75) is 44.8 Å². The number of thioether (sulfide) groups is 1. The van der Waals surface area contributed by atoms with E-state index in [0.717, 1.165) is 55.8 Å². The maximum absolute atomic E-state index is 12.4. The molecule has 1 saturated heterocycles. The molecule has 0 spiro atoms. The number of nitrogens with zero attached hydrogens (tertiary/aromatic N) is 4. The van der Waals surface area contributed by atoms with Gasteiger partial charge >= 0.3 is 0 Å². The molecule has 1 fully saturated rings. The van der Waals surface area contributed by atoms with E-state index in [1.807, 2.05) is 23.1 Å². The van der Waals surface area contributed by atoms with E-state index in [4.69, 9.17) is 0 Å². The molecule has 134 valence electrons. The Morgan fingerprint density at radius 2 is 1.92 bits per heavy atom. The first-order valence-electron chi connectivity index (χ1n) is 9.04. The monoisotopic (exact) mass is 358 g/mol. The van der Waals surface area contributed by atoms with E-state index < -0.39 is 0 Å². The van der Waals surface area contributed by atoms with Crippen LogP contribution in [0.25, 0.3) is 0 Å². The van der Waals surface area contributed by atoms with Crippen LogP contribution in [0.4, 0.5) is 0 Å². The third-order valence-corrected chi connectivity index (χ3v) is 5.73. The molecule has 25 heavy (non-hydrogen) atoms. The highest BCUT2D eigenvalue weighted by molar-refractivity contribution is 7.99. The Morgan fingerprint density at radius 3 is 2.60 bits per heavy atom.